The first-order valence-corrected chi connectivity index (χ1v) is 8.99. The average molecular weight is 364 g/mol. The van der Waals surface area contributed by atoms with Crippen LogP contribution >= 0.6 is 27.7 Å². The summed E-state index contributed by atoms with van der Waals surface area (Å²) in [6.45, 7) is 2.16. The fourth-order valence-corrected chi connectivity index (χ4v) is 3.61. The molecule has 110 valence electrons. The Bertz CT molecular complexity index is 639. The molecule has 1 heterocycles. The van der Waals surface area contributed by atoms with Crippen LogP contribution in [-0.2, 0) is 0 Å². The molecule has 0 atom stereocenters. The lowest BCUT2D eigenvalue weighted by Gasteiger charge is -2.11. The molecule has 0 radical (unpaired) electrons. The van der Waals surface area contributed by atoms with E-state index in [9.17, 15) is 0 Å². The highest BCUT2D eigenvalue weighted by atomic mass is 79.9. The summed E-state index contributed by atoms with van der Waals surface area (Å²) in [5, 5.41) is 3.16. The SMILES string of the molecule is CCSc1ccc(-c2nc(NC)c(Br)c(C3CC3)n2)cc1. The lowest BCUT2D eigenvalue weighted by molar-refractivity contribution is 0.980. The van der Waals surface area contributed by atoms with Crippen molar-refractivity contribution in [2.24, 2.45) is 0 Å². The number of thioether (sulfide) groups is 1. The van der Waals surface area contributed by atoms with Gasteiger partial charge in [0.2, 0.25) is 0 Å². The molecule has 1 aromatic carbocycles. The minimum absolute atomic E-state index is 0.586. The summed E-state index contributed by atoms with van der Waals surface area (Å²) >= 11 is 5.48. The van der Waals surface area contributed by atoms with E-state index < -0.39 is 0 Å². The molecule has 1 aliphatic rings. The molecular weight excluding hydrogens is 346 g/mol. The Hall–Kier alpha value is -1.07. The lowest BCUT2D eigenvalue weighted by atomic mass is 10.2. The maximum absolute atomic E-state index is 4.78. The van der Waals surface area contributed by atoms with E-state index in [-0.39, 0.29) is 0 Å². The van der Waals surface area contributed by atoms with Crippen molar-refractivity contribution in [3.8, 4) is 11.4 Å². The molecule has 0 aliphatic heterocycles. The van der Waals surface area contributed by atoms with E-state index in [2.05, 4.69) is 57.4 Å². The number of hydrogen-bond donors (Lipinski definition) is 1. The predicted molar refractivity (Wildman–Crippen MR) is 93.1 cm³/mol. The van der Waals surface area contributed by atoms with Gasteiger partial charge in [-0.15, -0.1) is 11.8 Å². The van der Waals surface area contributed by atoms with Crippen LogP contribution in [0.25, 0.3) is 11.4 Å². The Labute approximate surface area is 138 Å². The quantitative estimate of drug-likeness (QED) is 0.763. The second-order valence-electron chi connectivity index (χ2n) is 5.08. The standard InChI is InChI=1S/C16H18BrN3S/c1-3-21-12-8-6-11(7-9-12)15-19-14(10-4-5-10)13(17)16(18-2)20-15/h6-10H,3-5H2,1-2H3,(H,18,19,20). The third-order valence-corrected chi connectivity index (χ3v) is 5.18. The van der Waals surface area contributed by atoms with Crippen molar-refractivity contribution < 1.29 is 0 Å². The first kappa shape index (κ1) is 14.9. The Balaban J connectivity index is 1.99. The lowest BCUT2D eigenvalue weighted by Crippen LogP contribution is -2.02. The van der Waals surface area contributed by atoms with Crippen LogP contribution in [0.2, 0.25) is 0 Å². The molecule has 1 aromatic heterocycles. The van der Waals surface area contributed by atoms with E-state index in [0.29, 0.717) is 5.92 Å². The van der Waals surface area contributed by atoms with Gasteiger partial charge in [-0.05, 0) is 46.7 Å². The minimum Gasteiger partial charge on any atom is -0.372 e. The number of nitrogens with one attached hydrogen (secondary N) is 1. The van der Waals surface area contributed by atoms with Crippen molar-refractivity contribution >= 4 is 33.5 Å². The number of benzene rings is 1. The van der Waals surface area contributed by atoms with Crippen LogP contribution in [0.1, 0.15) is 31.4 Å². The number of halogens is 1. The zero-order chi connectivity index (χ0) is 14.8. The van der Waals surface area contributed by atoms with Crippen LogP contribution in [0.5, 0.6) is 0 Å². The Morgan fingerprint density at radius 3 is 2.52 bits per heavy atom. The van der Waals surface area contributed by atoms with Crippen molar-refractivity contribution in [1.29, 1.82) is 0 Å². The Morgan fingerprint density at radius 1 is 1.24 bits per heavy atom. The number of nitrogens with zero attached hydrogens (tertiary/aromatic N) is 2. The zero-order valence-electron chi connectivity index (χ0n) is 12.2. The van der Waals surface area contributed by atoms with Gasteiger partial charge in [0.1, 0.15) is 5.82 Å². The summed E-state index contributed by atoms with van der Waals surface area (Å²) in [7, 11) is 1.90. The highest BCUT2D eigenvalue weighted by Crippen LogP contribution is 2.44. The molecule has 21 heavy (non-hydrogen) atoms. The van der Waals surface area contributed by atoms with Crippen molar-refractivity contribution in [2.75, 3.05) is 18.1 Å². The molecule has 3 rings (SSSR count). The summed E-state index contributed by atoms with van der Waals surface area (Å²) < 4.78 is 1.01. The van der Waals surface area contributed by atoms with Crippen molar-refractivity contribution in [3.63, 3.8) is 0 Å². The van der Waals surface area contributed by atoms with E-state index >= 15 is 0 Å². The minimum atomic E-state index is 0.586. The maximum atomic E-state index is 4.78. The molecule has 0 saturated heterocycles. The summed E-state index contributed by atoms with van der Waals surface area (Å²) in [5.74, 6) is 3.35. The van der Waals surface area contributed by atoms with Crippen LogP contribution in [0.4, 0.5) is 5.82 Å². The van der Waals surface area contributed by atoms with Gasteiger partial charge in [-0.3, -0.25) is 0 Å². The largest absolute Gasteiger partial charge is 0.372 e. The molecule has 2 aromatic rings. The molecule has 1 fully saturated rings. The Kier molecular flexibility index (Phi) is 4.50. The predicted octanol–water partition coefficient (Wildman–Crippen LogP) is 4.94. The summed E-state index contributed by atoms with van der Waals surface area (Å²) in [6, 6.07) is 8.50. The molecule has 0 spiro atoms. The highest BCUT2D eigenvalue weighted by molar-refractivity contribution is 9.10. The third kappa shape index (κ3) is 3.24. The Morgan fingerprint density at radius 2 is 1.95 bits per heavy atom. The molecule has 1 saturated carbocycles. The van der Waals surface area contributed by atoms with Gasteiger partial charge in [-0.25, -0.2) is 9.97 Å². The van der Waals surface area contributed by atoms with Gasteiger partial charge in [0.25, 0.3) is 0 Å². The van der Waals surface area contributed by atoms with E-state index in [1.807, 2.05) is 18.8 Å². The van der Waals surface area contributed by atoms with Crippen LogP contribution in [0.3, 0.4) is 0 Å². The molecule has 5 heteroatoms. The number of hydrogen-bond acceptors (Lipinski definition) is 4. The number of rotatable bonds is 5. The summed E-state index contributed by atoms with van der Waals surface area (Å²) in [6.07, 6.45) is 2.45. The van der Waals surface area contributed by atoms with Gasteiger partial charge in [-0.2, -0.15) is 0 Å². The van der Waals surface area contributed by atoms with E-state index in [4.69, 9.17) is 4.98 Å². The van der Waals surface area contributed by atoms with Gasteiger partial charge in [-0.1, -0.05) is 19.1 Å². The smallest absolute Gasteiger partial charge is 0.161 e. The van der Waals surface area contributed by atoms with Crippen LogP contribution in [0.15, 0.2) is 33.6 Å². The van der Waals surface area contributed by atoms with Crippen LogP contribution < -0.4 is 5.32 Å². The van der Waals surface area contributed by atoms with Gasteiger partial charge in [0, 0.05) is 23.4 Å². The van der Waals surface area contributed by atoms with Crippen LogP contribution in [0, 0.1) is 0 Å². The molecule has 1 N–H and O–H groups in total. The summed E-state index contributed by atoms with van der Waals surface area (Å²) in [4.78, 5) is 10.7. The number of aromatic nitrogens is 2. The van der Waals surface area contributed by atoms with Gasteiger partial charge < -0.3 is 5.32 Å². The number of anilines is 1. The van der Waals surface area contributed by atoms with E-state index in [0.717, 1.165) is 33.1 Å². The van der Waals surface area contributed by atoms with Crippen LogP contribution in [-0.4, -0.2) is 22.8 Å². The maximum Gasteiger partial charge on any atom is 0.161 e. The van der Waals surface area contributed by atoms with Crippen molar-refractivity contribution in [2.45, 2.75) is 30.6 Å². The van der Waals surface area contributed by atoms with Crippen molar-refractivity contribution in [1.82, 2.24) is 9.97 Å². The first-order valence-electron chi connectivity index (χ1n) is 7.21. The molecule has 0 amide bonds. The second kappa shape index (κ2) is 6.36. The summed E-state index contributed by atoms with van der Waals surface area (Å²) in [5.41, 5.74) is 2.21. The third-order valence-electron chi connectivity index (χ3n) is 3.50. The van der Waals surface area contributed by atoms with E-state index in [1.54, 1.807) is 0 Å². The molecule has 3 nitrogen and oxygen atoms in total. The van der Waals surface area contributed by atoms with E-state index in [1.165, 1.54) is 17.7 Å². The van der Waals surface area contributed by atoms with Gasteiger partial charge in [0.05, 0.1) is 10.2 Å². The van der Waals surface area contributed by atoms with Gasteiger partial charge in [0.15, 0.2) is 5.82 Å². The fourth-order valence-electron chi connectivity index (χ4n) is 2.25. The second-order valence-corrected chi connectivity index (χ2v) is 7.21. The molecule has 0 unspecified atom stereocenters. The first-order chi connectivity index (χ1) is 10.2. The average Bonchev–Trinajstić information content (AvgIpc) is 3.33. The van der Waals surface area contributed by atoms with Crippen molar-refractivity contribution in [3.05, 3.63) is 34.4 Å². The molecular formula is C16H18BrN3S. The normalized spacial score (nSPS) is 14.2. The molecule has 1 aliphatic carbocycles. The highest BCUT2D eigenvalue weighted by Gasteiger charge is 2.29. The zero-order valence-corrected chi connectivity index (χ0v) is 14.6. The van der Waals surface area contributed by atoms with Gasteiger partial charge >= 0.3 is 0 Å². The fraction of sp³-hybridized carbons (Fsp3) is 0.375. The monoisotopic (exact) mass is 363 g/mol. The topological polar surface area (TPSA) is 37.8 Å². The molecule has 0 bridgehead atoms.